The summed E-state index contributed by atoms with van der Waals surface area (Å²) < 4.78 is 11.7. The zero-order valence-electron chi connectivity index (χ0n) is 17.8. The van der Waals surface area contributed by atoms with Crippen LogP contribution in [0.5, 0.6) is 5.75 Å². The molecule has 0 spiro atoms. The minimum Gasteiger partial charge on any atom is -0.496 e. The van der Waals surface area contributed by atoms with Crippen LogP contribution in [0.15, 0.2) is 63.9 Å². The Labute approximate surface area is 181 Å². The van der Waals surface area contributed by atoms with Crippen LogP contribution in [0.25, 0.3) is 11.4 Å². The van der Waals surface area contributed by atoms with Gasteiger partial charge in [0.2, 0.25) is 0 Å². The fourth-order valence-corrected chi connectivity index (χ4v) is 4.35. The number of piperidine rings is 1. The lowest BCUT2D eigenvalue weighted by molar-refractivity contribution is 0.0771. The summed E-state index contributed by atoms with van der Waals surface area (Å²) in [6, 6.07) is 17.6. The molecular weight excluding hydrogens is 394 g/mol. The number of hydrogen-bond donors (Lipinski definition) is 1. The number of para-hydroxylation sites is 1. The number of aromatic nitrogens is 2. The highest BCUT2D eigenvalue weighted by Crippen LogP contribution is 2.26. The molecule has 1 saturated heterocycles. The first-order valence-electron chi connectivity index (χ1n) is 10.8. The summed E-state index contributed by atoms with van der Waals surface area (Å²) in [5.74, 6) is 1.46. The van der Waals surface area contributed by atoms with Gasteiger partial charge in [0.15, 0.2) is 5.82 Å². The Morgan fingerprint density at radius 1 is 1.10 bits per heavy atom. The van der Waals surface area contributed by atoms with E-state index in [1.807, 2.05) is 42.5 Å². The van der Waals surface area contributed by atoms with Crippen LogP contribution in [0.1, 0.15) is 18.4 Å². The van der Waals surface area contributed by atoms with Gasteiger partial charge in [-0.1, -0.05) is 53.7 Å². The van der Waals surface area contributed by atoms with Crippen LogP contribution >= 0.6 is 0 Å². The van der Waals surface area contributed by atoms with Crippen molar-refractivity contribution in [3.63, 3.8) is 0 Å². The van der Waals surface area contributed by atoms with E-state index < -0.39 is 11.9 Å². The molecule has 0 radical (unpaired) electrons. The Morgan fingerprint density at radius 2 is 1.81 bits per heavy atom. The first kappa shape index (κ1) is 21.3. The minimum atomic E-state index is -0.676. The average molecular weight is 424 g/mol. The predicted octanol–water partition coefficient (Wildman–Crippen LogP) is 2.83. The van der Waals surface area contributed by atoms with Gasteiger partial charge in [-0.3, -0.25) is 9.09 Å². The molecule has 31 heavy (non-hydrogen) atoms. The predicted molar refractivity (Wildman–Crippen MR) is 118 cm³/mol. The molecule has 7 heteroatoms. The van der Waals surface area contributed by atoms with E-state index >= 15 is 0 Å². The maximum atomic E-state index is 12.1. The monoisotopic (exact) mass is 423 g/mol. The third-order valence-corrected chi connectivity index (χ3v) is 5.99. The summed E-state index contributed by atoms with van der Waals surface area (Å²) in [4.78, 5) is 14.4. The highest BCUT2D eigenvalue weighted by Gasteiger charge is 2.23. The number of β-amino-alcohol motifs (C(OH)–C–C–N with tert-alkyl or cyclic N) is 1. The van der Waals surface area contributed by atoms with Crippen molar-refractivity contribution in [1.29, 1.82) is 0 Å². The van der Waals surface area contributed by atoms with Crippen molar-refractivity contribution in [2.24, 2.45) is 5.92 Å². The molecule has 4 rings (SSSR count). The van der Waals surface area contributed by atoms with Gasteiger partial charge in [0.25, 0.3) is 0 Å². The third kappa shape index (κ3) is 5.24. The van der Waals surface area contributed by atoms with Crippen LogP contribution in [0.3, 0.4) is 0 Å². The highest BCUT2D eigenvalue weighted by molar-refractivity contribution is 5.54. The third-order valence-electron chi connectivity index (χ3n) is 5.99. The normalized spacial score (nSPS) is 16.3. The molecule has 164 valence electrons. The Bertz CT molecular complexity index is 1020. The van der Waals surface area contributed by atoms with E-state index in [2.05, 4.69) is 22.2 Å². The fourth-order valence-electron chi connectivity index (χ4n) is 4.35. The lowest BCUT2D eigenvalue weighted by Gasteiger charge is -2.33. The Balaban J connectivity index is 1.31. The average Bonchev–Trinajstić information content (AvgIpc) is 3.16. The first-order chi connectivity index (χ1) is 15.1. The molecule has 1 fully saturated rings. The van der Waals surface area contributed by atoms with E-state index in [0.717, 1.165) is 43.7 Å². The van der Waals surface area contributed by atoms with E-state index in [4.69, 9.17) is 9.26 Å². The molecule has 0 aliphatic carbocycles. The van der Waals surface area contributed by atoms with Crippen molar-refractivity contribution < 1.29 is 14.4 Å². The summed E-state index contributed by atoms with van der Waals surface area (Å²) in [5.41, 5.74) is 2.04. The molecule has 1 N–H and O–H groups in total. The number of nitrogens with zero attached hydrogens (tertiary/aromatic N) is 3. The van der Waals surface area contributed by atoms with Crippen molar-refractivity contribution >= 4 is 0 Å². The summed E-state index contributed by atoms with van der Waals surface area (Å²) in [5, 5.41) is 14.5. The Morgan fingerprint density at radius 3 is 2.55 bits per heavy atom. The number of hydrogen-bond acceptors (Lipinski definition) is 6. The number of aliphatic hydroxyl groups excluding tert-OH is 1. The molecule has 7 nitrogen and oxygen atoms in total. The molecule has 1 aliphatic heterocycles. The van der Waals surface area contributed by atoms with Crippen LogP contribution in [-0.2, 0) is 13.0 Å². The number of aliphatic hydroxyl groups is 1. The number of likely N-dealkylation sites (tertiary alicyclic amines) is 1. The molecule has 3 aromatic rings. The maximum Gasteiger partial charge on any atom is 0.441 e. The quantitative estimate of drug-likeness (QED) is 0.600. The van der Waals surface area contributed by atoms with E-state index in [1.165, 1.54) is 10.1 Å². The Kier molecular flexibility index (Phi) is 6.84. The molecule has 1 aliphatic rings. The standard InChI is InChI=1S/C24H29N3O4/c1-30-22-10-6-5-9-20(22)15-18-11-13-26(14-12-18)16-21(28)17-27-23(25-31-24(27)29)19-7-3-2-4-8-19/h2-10,18,21,28H,11-17H2,1H3. The number of rotatable bonds is 8. The Hall–Kier alpha value is -2.90. The minimum absolute atomic E-state index is 0.160. The van der Waals surface area contributed by atoms with Crippen LogP contribution in [0.4, 0.5) is 0 Å². The number of methoxy groups -OCH3 is 1. The summed E-state index contributed by atoms with van der Waals surface area (Å²) in [6.07, 6.45) is 2.49. The van der Waals surface area contributed by atoms with Crippen LogP contribution < -0.4 is 10.5 Å². The highest BCUT2D eigenvalue weighted by atomic mass is 16.5. The van der Waals surface area contributed by atoms with E-state index in [1.54, 1.807) is 7.11 Å². The molecule has 0 amide bonds. The van der Waals surface area contributed by atoms with Crippen molar-refractivity contribution in [1.82, 2.24) is 14.6 Å². The molecular formula is C24H29N3O4. The smallest absolute Gasteiger partial charge is 0.441 e. The second-order valence-electron chi connectivity index (χ2n) is 8.16. The van der Waals surface area contributed by atoms with Gasteiger partial charge in [0.05, 0.1) is 19.8 Å². The van der Waals surface area contributed by atoms with Crippen LogP contribution in [0, 0.1) is 5.92 Å². The van der Waals surface area contributed by atoms with E-state index in [0.29, 0.717) is 18.3 Å². The molecule has 1 atom stereocenters. The topological polar surface area (TPSA) is 80.7 Å². The van der Waals surface area contributed by atoms with Gasteiger partial charge < -0.3 is 14.7 Å². The largest absolute Gasteiger partial charge is 0.496 e. The van der Waals surface area contributed by atoms with Crippen LogP contribution in [0.2, 0.25) is 0 Å². The van der Waals surface area contributed by atoms with Gasteiger partial charge >= 0.3 is 5.76 Å². The maximum absolute atomic E-state index is 12.1. The second-order valence-corrected chi connectivity index (χ2v) is 8.16. The molecule has 2 heterocycles. The van der Waals surface area contributed by atoms with E-state index in [-0.39, 0.29) is 6.54 Å². The molecule has 1 aromatic heterocycles. The number of benzene rings is 2. The zero-order valence-corrected chi connectivity index (χ0v) is 17.8. The van der Waals surface area contributed by atoms with Gasteiger partial charge in [-0.2, -0.15) is 0 Å². The van der Waals surface area contributed by atoms with Gasteiger partial charge in [-0.25, -0.2) is 4.79 Å². The molecule has 0 saturated carbocycles. The zero-order chi connectivity index (χ0) is 21.6. The summed E-state index contributed by atoms with van der Waals surface area (Å²) in [7, 11) is 1.72. The summed E-state index contributed by atoms with van der Waals surface area (Å²) in [6.45, 7) is 2.54. The van der Waals surface area contributed by atoms with Crippen molar-refractivity contribution in [2.75, 3.05) is 26.7 Å². The van der Waals surface area contributed by atoms with Gasteiger partial charge in [-0.15, -0.1) is 0 Å². The lowest BCUT2D eigenvalue weighted by Crippen LogP contribution is -2.41. The number of ether oxygens (including phenoxy) is 1. The molecule has 2 aromatic carbocycles. The van der Waals surface area contributed by atoms with E-state index in [9.17, 15) is 9.90 Å². The van der Waals surface area contributed by atoms with Crippen molar-refractivity contribution in [3.8, 4) is 17.1 Å². The SMILES string of the molecule is COc1ccccc1CC1CCN(CC(O)Cn2c(-c3ccccc3)noc2=O)CC1. The molecule has 1 unspecified atom stereocenters. The van der Waals surface area contributed by atoms with Gasteiger partial charge in [-0.05, 0) is 49.9 Å². The lowest BCUT2D eigenvalue weighted by atomic mass is 9.89. The second kappa shape index (κ2) is 9.94. The van der Waals surface area contributed by atoms with Gasteiger partial charge in [0, 0.05) is 12.1 Å². The van der Waals surface area contributed by atoms with Crippen molar-refractivity contribution in [3.05, 3.63) is 70.7 Å². The van der Waals surface area contributed by atoms with Crippen molar-refractivity contribution in [2.45, 2.75) is 31.9 Å². The van der Waals surface area contributed by atoms with Gasteiger partial charge in [0.1, 0.15) is 5.75 Å². The van der Waals surface area contributed by atoms with Crippen LogP contribution in [-0.4, -0.2) is 52.6 Å². The molecule has 0 bridgehead atoms. The first-order valence-corrected chi connectivity index (χ1v) is 10.8. The fraction of sp³-hybridized carbons (Fsp3) is 0.417. The summed E-state index contributed by atoms with van der Waals surface area (Å²) >= 11 is 0.